The van der Waals surface area contributed by atoms with Gasteiger partial charge in [0.25, 0.3) is 0 Å². The minimum absolute atomic E-state index is 0.376. The van der Waals surface area contributed by atoms with Crippen molar-refractivity contribution in [2.75, 3.05) is 5.32 Å². The van der Waals surface area contributed by atoms with E-state index in [4.69, 9.17) is 0 Å². The number of allylic oxidation sites excluding steroid dienone is 3. The van der Waals surface area contributed by atoms with Crippen molar-refractivity contribution in [2.45, 2.75) is 30.0 Å². The molecule has 20 heavy (non-hydrogen) atoms. The van der Waals surface area contributed by atoms with Gasteiger partial charge in [0.05, 0.1) is 11.3 Å². The van der Waals surface area contributed by atoms with Gasteiger partial charge in [0.15, 0.2) is 0 Å². The first-order chi connectivity index (χ1) is 9.80. The normalized spacial score (nSPS) is 22.2. The van der Waals surface area contributed by atoms with Crippen LogP contribution in [0, 0.1) is 0 Å². The van der Waals surface area contributed by atoms with Crippen molar-refractivity contribution < 1.29 is 0 Å². The standard InChI is InChI=1S/C16H15NS.C2H6/c1-3-11-5-7-13-15(9-11)18-16-10-12(4-2)6-8-14(16)17-13;1-2/h3-10,13,15,17H,1-2H2;1-2H3. The molecule has 0 aromatic heterocycles. The van der Waals surface area contributed by atoms with E-state index in [-0.39, 0.29) is 0 Å². The smallest absolute Gasteiger partial charge is 0.0605 e. The van der Waals surface area contributed by atoms with Crippen molar-refractivity contribution in [3.8, 4) is 0 Å². The zero-order chi connectivity index (χ0) is 14.5. The number of benzene rings is 1. The van der Waals surface area contributed by atoms with Gasteiger partial charge in [0, 0.05) is 10.6 Å². The van der Waals surface area contributed by atoms with E-state index in [2.05, 4.69) is 54.9 Å². The molecule has 2 heteroatoms. The van der Waals surface area contributed by atoms with Gasteiger partial charge in [-0.2, -0.15) is 0 Å². The average Bonchev–Trinajstić information content (AvgIpc) is 2.53. The lowest BCUT2D eigenvalue weighted by atomic mass is 10.0. The number of rotatable bonds is 2. The third-order valence-electron chi connectivity index (χ3n) is 3.27. The molecular weight excluding hydrogens is 262 g/mol. The van der Waals surface area contributed by atoms with Gasteiger partial charge in [-0.3, -0.25) is 0 Å². The third kappa shape index (κ3) is 2.91. The number of hydrogen-bond donors (Lipinski definition) is 1. The van der Waals surface area contributed by atoms with Crippen LogP contribution >= 0.6 is 11.8 Å². The highest BCUT2D eigenvalue weighted by molar-refractivity contribution is 8.00. The Balaban J connectivity index is 0.000000704. The van der Waals surface area contributed by atoms with Crippen LogP contribution in [-0.4, -0.2) is 11.3 Å². The zero-order valence-electron chi connectivity index (χ0n) is 12.1. The van der Waals surface area contributed by atoms with E-state index in [9.17, 15) is 0 Å². The summed E-state index contributed by atoms with van der Waals surface area (Å²) in [7, 11) is 0. The van der Waals surface area contributed by atoms with Crippen LogP contribution in [-0.2, 0) is 0 Å². The van der Waals surface area contributed by atoms with Gasteiger partial charge < -0.3 is 5.32 Å². The van der Waals surface area contributed by atoms with Crippen LogP contribution in [0.5, 0.6) is 0 Å². The highest BCUT2D eigenvalue weighted by Gasteiger charge is 2.27. The van der Waals surface area contributed by atoms with Crippen molar-refractivity contribution in [3.05, 3.63) is 66.8 Å². The molecule has 1 N–H and O–H groups in total. The van der Waals surface area contributed by atoms with Crippen molar-refractivity contribution in [3.63, 3.8) is 0 Å². The molecular formula is C18H21NS. The third-order valence-corrected chi connectivity index (χ3v) is 4.56. The summed E-state index contributed by atoms with van der Waals surface area (Å²) in [5, 5.41) is 4.01. The molecule has 0 saturated heterocycles. The Morgan fingerprint density at radius 3 is 2.70 bits per heavy atom. The van der Waals surface area contributed by atoms with E-state index >= 15 is 0 Å². The summed E-state index contributed by atoms with van der Waals surface area (Å²) in [5.74, 6) is 0. The topological polar surface area (TPSA) is 12.0 Å². The van der Waals surface area contributed by atoms with Gasteiger partial charge in [0.1, 0.15) is 0 Å². The summed E-state index contributed by atoms with van der Waals surface area (Å²) in [6.07, 6.45) is 10.4. The fraction of sp³-hybridized carbons (Fsp3) is 0.222. The van der Waals surface area contributed by atoms with Crippen LogP contribution in [0.1, 0.15) is 19.4 Å². The highest BCUT2D eigenvalue weighted by atomic mass is 32.2. The molecule has 104 valence electrons. The predicted octanol–water partition coefficient (Wildman–Crippen LogP) is 5.29. The Bertz CT molecular complexity index is 569. The maximum Gasteiger partial charge on any atom is 0.0605 e. The quantitative estimate of drug-likeness (QED) is 0.791. The first-order valence-electron chi connectivity index (χ1n) is 7.02. The zero-order valence-corrected chi connectivity index (χ0v) is 12.9. The van der Waals surface area contributed by atoms with E-state index in [0.29, 0.717) is 11.3 Å². The van der Waals surface area contributed by atoms with Crippen LogP contribution in [0.4, 0.5) is 5.69 Å². The number of thioether (sulfide) groups is 1. The fourth-order valence-electron chi connectivity index (χ4n) is 2.26. The lowest BCUT2D eigenvalue weighted by Gasteiger charge is -2.33. The van der Waals surface area contributed by atoms with Gasteiger partial charge in [-0.1, -0.05) is 63.5 Å². The van der Waals surface area contributed by atoms with Gasteiger partial charge in [-0.25, -0.2) is 0 Å². The van der Waals surface area contributed by atoms with Crippen LogP contribution in [0.2, 0.25) is 0 Å². The summed E-state index contributed by atoms with van der Waals surface area (Å²) in [6.45, 7) is 11.7. The van der Waals surface area contributed by atoms with E-state index < -0.39 is 0 Å². The molecule has 1 aromatic rings. The van der Waals surface area contributed by atoms with Crippen LogP contribution in [0.15, 0.2) is 66.1 Å². The maximum absolute atomic E-state index is 3.83. The van der Waals surface area contributed by atoms with Gasteiger partial charge in [0.2, 0.25) is 0 Å². The lowest BCUT2D eigenvalue weighted by Crippen LogP contribution is -2.33. The minimum atomic E-state index is 0.376. The Labute approximate surface area is 126 Å². The Kier molecular flexibility index (Phi) is 4.91. The summed E-state index contributed by atoms with van der Waals surface area (Å²) in [4.78, 5) is 1.30. The van der Waals surface area contributed by atoms with Crippen molar-refractivity contribution in [1.82, 2.24) is 0 Å². The van der Waals surface area contributed by atoms with Crippen LogP contribution < -0.4 is 5.32 Å². The Morgan fingerprint density at radius 2 is 2.00 bits per heavy atom. The molecule has 0 amide bonds. The molecule has 2 atom stereocenters. The molecule has 1 aliphatic carbocycles. The summed E-state index contributed by atoms with van der Waals surface area (Å²) in [5.41, 5.74) is 3.58. The predicted molar refractivity (Wildman–Crippen MR) is 92.4 cm³/mol. The second-order valence-electron chi connectivity index (χ2n) is 4.44. The molecule has 1 aliphatic heterocycles. The average molecular weight is 283 g/mol. The molecule has 1 heterocycles. The van der Waals surface area contributed by atoms with Crippen molar-refractivity contribution in [1.29, 1.82) is 0 Å². The SMILES string of the molecule is C=CC1=CC2Sc3cc(C=C)ccc3NC2C=C1.CC. The van der Waals surface area contributed by atoms with Crippen LogP contribution in [0.25, 0.3) is 6.08 Å². The first kappa shape index (κ1) is 14.7. The highest BCUT2D eigenvalue weighted by Crippen LogP contribution is 2.41. The second kappa shape index (κ2) is 6.67. The number of fused-ring (bicyclic) bond motifs is 2. The van der Waals surface area contributed by atoms with E-state index in [1.807, 2.05) is 37.8 Å². The lowest BCUT2D eigenvalue weighted by molar-refractivity contribution is 0.874. The van der Waals surface area contributed by atoms with Gasteiger partial charge in [-0.05, 0) is 23.3 Å². The van der Waals surface area contributed by atoms with E-state index in [0.717, 1.165) is 0 Å². The minimum Gasteiger partial charge on any atom is -0.376 e. The number of nitrogens with one attached hydrogen (secondary N) is 1. The largest absolute Gasteiger partial charge is 0.376 e. The molecule has 2 aliphatic rings. The molecule has 0 spiro atoms. The molecule has 0 radical (unpaired) electrons. The molecule has 2 unspecified atom stereocenters. The molecule has 0 saturated carbocycles. The molecule has 0 bridgehead atoms. The maximum atomic E-state index is 3.83. The molecule has 1 nitrogen and oxygen atoms in total. The van der Waals surface area contributed by atoms with Crippen molar-refractivity contribution in [2.24, 2.45) is 0 Å². The summed E-state index contributed by atoms with van der Waals surface area (Å²) < 4.78 is 0. The number of anilines is 1. The van der Waals surface area contributed by atoms with Gasteiger partial charge >= 0.3 is 0 Å². The first-order valence-corrected chi connectivity index (χ1v) is 7.90. The van der Waals surface area contributed by atoms with E-state index in [1.165, 1.54) is 21.7 Å². The fourth-order valence-corrected chi connectivity index (χ4v) is 3.54. The van der Waals surface area contributed by atoms with E-state index in [1.54, 1.807) is 0 Å². The molecule has 3 rings (SSSR count). The molecule has 1 aromatic carbocycles. The van der Waals surface area contributed by atoms with Crippen LogP contribution in [0.3, 0.4) is 0 Å². The Morgan fingerprint density at radius 1 is 1.20 bits per heavy atom. The summed E-state index contributed by atoms with van der Waals surface area (Å²) in [6, 6.07) is 6.80. The number of hydrogen-bond acceptors (Lipinski definition) is 2. The molecule has 0 fully saturated rings. The van der Waals surface area contributed by atoms with Gasteiger partial charge in [-0.15, -0.1) is 11.8 Å². The second-order valence-corrected chi connectivity index (χ2v) is 5.66. The Hall–Kier alpha value is -1.67. The van der Waals surface area contributed by atoms with Crippen molar-refractivity contribution >= 4 is 23.5 Å². The monoisotopic (exact) mass is 283 g/mol. The summed E-state index contributed by atoms with van der Waals surface area (Å²) >= 11 is 1.90.